The van der Waals surface area contributed by atoms with E-state index in [1.165, 1.54) is 32.1 Å². The van der Waals surface area contributed by atoms with Crippen molar-refractivity contribution in [1.82, 2.24) is 4.90 Å². The first-order chi connectivity index (χ1) is 9.60. The van der Waals surface area contributed by atoms with E-state index in [9.17, 15) is 4.79 Å². The van der Waals surface area contributed by atoms with Gasteiger partial charge >= 0.3 is 0 Å². The van der Waals surface area contributed by atoms with Crippen molar-refractivity contribution in [3.05, 3.63) is 11.3 Å². The van der Waals surface area contributed by atoms with E-state index in [0.29, 0.717) is 11.8 Å². The summed E-state index contributed by atoms with van der Waals surface area (Å²) in [4.78, 5) is 13.9. The molecule has 0 atom stereocenters. The molecule has 0 unspecified atom stereocenters. The van der Waals surface area contributed by atoms with Gasteiger partial charge < -0.3 is 5.73 Å². The summed E-state index contributed by atoms with van der Waals surface area (Å²) in [6.07, 6.45) is 6.06. The van der Waals surface area contributed by atoms with Crippen LogP contribution >= 0.6 is 0 Å². The zero-order valence-corrected chi connectivity index (χ0v) is 11.3. The first-order valence-electron chi connectivity index (χ1n) is 7.42. The summed E-state index contributed by atoms with van der Waals surface area (Å²) in [5, 5.41) is 17.2. The van der Waals surface area contributed by atoms with Gasteiger partial charge in [0.25, 0.3) is 5.91 Å². The largest absolute Gasteiger partial charge is 0.393 e. The zero-order chi connectivity index (χ0) is 14.0. The van der Waals surface area contributed by atoms with Crippen molar-refractivity contribution in [3.63, 3.8) is 0 Å². The van der Waals surface area contributed by atoms with Gasteiger partial charge in [0.15, 0.2) is 0 Å². The lowest BCUT2D eigenvalue weighted by molar-refractivity contribution is -0.131. The molecule has 5 aliphatic rings. The number of nitrogens with zero attached hydrogens (tertiary/aromatic N) is 2. The number of nitrogens with one attached hydrogen (secondary N) is 1. The highest BCUT2D eigenvalue weighted by Crippen LogP contribution is 2.55. The maximum absolute atomic E-state index is 12.4. The average molecular weight is 270 g/mol. The third-order valence-electron chi connectivity index (χ3n) is 5.78. The molecule has 5 heteroatoms. The molecule has 1 aliphatic heterocycles. The van der Waals surface area contributed by atoms with Gasteiger partial charge in [-0.05, 0) is 55.8 Å². The van der Waals surface area contributed by atoms with Crippen LogP contribution in [-0.2, 0) is 4.79 Å². The molecule has 5 nitrogen and oxygen atoms in total. The van der Waals surface area contributed by atoms with Crippen molar-refractivity contribution >= 4 is 11.7 Å². The van der Waals surface area contributed by atoms with E-state index in [1.54, 1.807) is 4.90 Å². The number of hydrogen-bond donors (Lipinski definition) is 2. The van der Waals surface area contributed by atoms with E-state index >= 15 is 0 Å². The Balaban J connectivity index is 1.68. The molecule has 0 aromatic heterocycles. The maximum atomic E-state index is 12.4. The standard InChI is InChI=1S/C15H18N4O/c16-6-11-12(17)15(20)19(14(11)18)13-9-2-7-1-8(4-9)5-10(13)3-7/h7-10,13,18H,1-5,17H2. The fourth-order valence-electron chi connectivity index (χ4n) is 5.30. The van der Waals surface area contributed by atoms with Crippen LogP contribution in [0.1, 0.15) is 32.1 Å². The van der Waals surface area contributed by atoms with E-state index in [0.717, 1.165) is 11.8 Å². The van der Waals surface area contributed by atoms with Gasteiger partial charge in [0.2, 0.25) is 0 Å². The van der Waals surface area contributed by atoms with E-state index in [4.69, 9.17) is 16.4 Å². The quantitative estimate of drug-likeness (QED) is 0.753. The van der Waals surface area contributed by atoms with Crippen LogP contribution in [-0.4, -0.2) is 22.7 Å². The molecule has 0 aromatic rings. The minimum atomic E-state index is -0.316. The van der Waals surface area contributed by atoms with Crippen LogP contribution in [0.3, 0.4) is 0 Å². The van der Waals surface area contributed by atoms with E-state index in [1.807, 2.05) is 6.07 Å². The molecule has 0 aromatic carbocycles. The number of carbonyl (C=O) groups is 1. The van der Waals surface area contributed by atoms with Gasteiger partial charge in [0.05, 0.1) is 0 Å². The zero-order valence-electron chi connectivity index (χ0n) is 11.3. The molecular formula is C15H18N4O. The second-order valence-electron chi connectivity index (χ2n) is 6.85. The minimum Gasteiger partial charge on any atom is -0.393 e. The number of nitriles is 1. The molecule has 1 heterocycles. The lowest BCUT2D eigenvalue weighted by Gasteiger charge is -2.56. The average Bonchev–Trinajstić information content (AvgIpc) is 2.61. The topological polar surface area (TPSA) is 94.0 Å². The molecule has 5 rings (SSSR count). The summed E-state index contributed by atoms with van der Waals surface area (Å²) in [7, 11) is 0. The molecule has 0 radical (unpaired) electrons. The highest BCUT2D eigenvalue weighted by atomic mass is 16.2. The van der Waals surface area contributed by atoms with Gasteiger partial charge in [-0.2, -0.15) is 5.26 Å². The van der Waals surface area contributed by atoms with Crippen molar-refractivity contribution < 1.29 is 4.79 Å². The van der Waals surface area contributed by atoms with Crippen LogP contribution in [0.2, 0.25) is 0 Å². The fraction of sp³-hybridized carbons (Fsp3) is 0.667. The molecule has 4 bridgehead atoms. The smallest absolute Gasteiger partial charge is 0.277 e. The van der Waals surface area contributed by atoms with Gasteiger partial charge in [0, 0.05) is 6.04 Å². The van der Waals surface area contributed by atoms with Crippen LogP contribution in [0.4, 0.5) is 0 Å². The summed E-state index contributed by atoms with van der Waals surface area (Å²) in [5.74, 6) is 2.36. The second-order valence-corrected chi connectivity index (χ2v) is 6.85. The molecule has 20 heavy (non-hydrogen) atoms. The minimum absolute atomic E-state index is 0.0347. The molecule has 1 amide bonds. The highest BCUT2D eigenvalue weighted by molar-refractivity contribution is 6.22. The van der Waals surface area contributed by atoms with Crippen LogP contribution in [0.25, 0.3) is 0 Å². The normalized spacial score (nSPS) is 42.5. The van der Waals surface area contributed by atoms with Crippen molar-refractivity contribution in [1.29, 1.82) is 10.7 Å². The van der Waals surface area contributed by atoms with Crippen LogP contribution in [0, 0.1) is 40.4 Å². The lowest BCUT2D eigenvalue weighted by atomic mass is 9.54. The number of amides is 1. The predicted molar refractivity (Wildman–Crippen MR) is 72.2 cm³/mol. The molecule has 4 fully saturated rings. The highest BCUT2D eigenvalue weighted by Gasteiger charge is 2.53. The summed E-state index contributed by atoms with van der Waals surface area (Å²) in [5.41, 5.74) is 5.76. The summed E-state index contributed by atoms with van der Waals surface area (Å²) >= 11 is 0. The number of rotatable bonds is 1. The monoisotopic (exact) mass is 270 g/mol. The fourth-order valence-corrected chi connectivity index (χ4v) is 5.30. The summed E-state index contributed by atoms with van der Waals surface area (Å²) in [6, 6.07) is 2.02. The van der Waals surface area contributed by atoms with E-state index in [2.05, 4.69) is 0 Å². The first kappa shape index (κ1) is 12.0. The predicted octanol–water partition coefficient (Wildman–Crippen LogP) is 1.37. The Bertz CT molecular complexity index is 557. The molecule has 4 saturated carbocycles. The Hall–Kier alpha value is -1.83. The van der Waals surface area contributed by atoms with Crippen molar-refractivity contribution in [2.45, 2.75) is 38.1 Å². The van der Waals surface area contributed by atoms with Crippen molar-refractivity contribution in [2.75, 3.05) is 0 Å². The Morgan fingerprint density at radius 3 is 2.15 bits per heavy atom. The summed E-state index contributed by atoms with van der Waals surface area (Å²) < 4.78 is 0. The first-order valence-corrected chi connectivity index (χ1v) is 7.42. The van der Waals surface area contributed by atoms with Gasteiger partial charge in [-0.15, -0.1) is 0 Å². The molecule has 0 spiro atoms. The number of carbonyl (C=O) groups excluding carboxylic acids is 1. The van der Waals surface area contributed by atoms with Crippen LogP contribution in [0.15, 0.2) is 11.3 Å². The second kappa shape index (κ2) is 3.85. The Kier molecular flexibility index (Phi) is 2.30. The van der Waals surface area contributed by atoms with Crippen LogP contribution in [0.5, 0.6) is 0 Å². The molecular weight excluding hydrogens is 252 g/mol. The maximum Gasteiger partial charge on any atom is 0.277 e. The molecule has 0 saturated heterocycles. The number of amidine groups is 1. The van der Waals surface area contributed by atoms with E-state index in [-0.39, 0.29) is 29.1 Å². The summed E-state index contributed by atoms with van der Waals surface area (Å²) in [6.45, 7) is 0. The van der Waals surface area contributed by atoms with Gasteiger partial charge in [-0.3, -0.25) is 15.1 Å². The Morgan fingerprint density at radius 1 is 1.15 bits per heavy atom. The van der Waals surface area contributed by atoms with E-state index < -0.39 is 0 Å². The van der Waals surface area contributed by atoms with Crippen molar-refractivity contribution in [3.8, 4) is 6.07 Å². The number of hydrogen-bond acceptors (Lipinski definition) is 4. The Labute approximate surface area is 117 Å². The lowest BCUT2D eigenvalue weighted by Crippen LogP contribution is -2.58. The molecule has 3 N–H and O–H groups in total. The molecule has 4 aliphatic carbocycles. The third-order valence-corrected chi connectivity index (χ3v) is 5.78. The van der Waals surface area contributed by atoms with Gasteiger partial charge in [-0.25, -0.2) is 0 Å². The third kappa shape index (κ3) is 1.37. The Morgan fingerprint density at radius 2 is 1.70 bits per heavy atom. The van der Waals surface area contributed by atoms with Gasteiger partial charge in [-0.1, -0.05) is 0 Å². The SMILES string of the molecule is N#CC1=C(N)C(=O)N(C2C3CC4CC(C3)CC2C4)C1=N. The van der Waals surface area contributed by atoms with Crippen molar-refractivity contribution in [2.24, 2.45) is 29.4 Å². The van der Waals surface area contributed by atoms with Crippen LogP contribution < -0.4 is 5.73 Å². The molecule has 104 valence electrons. The number of nitrogens with two attached hydrogens (primary N) is 1. The van der Waals surface area contributed by atoms with Gasteiger partial charge in [0.1, 0.15) is 23.2 Å².